The number of carbonyl (C=O) groups is 1. The average molecular weight is 481 g/mol. The number of benzene rings is 1. The first-order valence-corrected chi connectivity index (χ1v) is 13.5. The Labute approximate surface area is 196 Å². The number of sulfone groups is 1. The van der Waals surface area contributed by atoms with Crippen molar-refractivity contribution in [3.8, 4) is 11.3 Å². The van der Waals surface area contributed by atoms with Gasteiger partial charge in [0.05, 0.1) is 46.4 Å². The van der Waals surface area contributed by atoms with Crippen LogP contribution in [-0.4, -0.2) is 40.6 Å². The minimum atomic E-state index is -3.10. The molecule has 7 nitrogen and oxygen atoms in total. The van der Waals surface area contributed by atoms with Crippen LogP contribution in [0.2, 0.25) is 0 Å². The summed E-state index contributed by atoms with van der Waals surface area (Å²) in [5.41, 5.74) is 4.39. The van der Waals surface area contributed by atoms with E-state index in [9.17, 15) is 13.2 Å². The third-order valence-corrected chi connectivity index (χ3v) is 8.61. The van der Waals surface area contributed by atoms with Crippen LogP contribution >= 0.6 is 11.3 Å². The standard InChI is InChI=1S/C24H24N4O3S2/c1-15-5-7-17(8-6-15)21-12-20(24(29)25-13-19-4-3-10-32-19)22-16(2)27-28(23(22)26-21)18-9-11-33(30,31)14-18/h3-8,10,12,18H,9,11,13-14H2,1-2H3,(H,25,29)/t18-/m1/s1. The molecule has 0 spiro atoms. The van der Waals surface area contributed by atoms with Crippen LogP contribution in [0.4, 0.5) is 0 Å². The van der Waals surface area contributed by atoms with Crippen LogP contribution < -0.4 is 5.32 Å². The Kier molecular flexibility index (Phi) is 5.54. The summed E-state index contributed by atoms with van der Waals surface area (Å²) in [5, 5.41) is 10.3. The highest BCUT2D eigenvalue weighted by Crippen LogP contribution is 2.32. The molecule has 0 bridgehead atoms. The van der Waals surface area contributed by atoms with Crippen molar-refractivity contribution in [2.24, 2.45) is 0 Å². The van der Waals surface area contributed by atoms with Gasteiger partial charge in [-0.05, 0) is 37.8 Å². The monoisotopic (exact) mass is 480 g/mol. The van der Waals surface area contributed by atoms with E-state index < -0.39 is 9.84 Å². The second-order valence-corrected chi connectivity index (χ2v) is 11.7. The average Bonchev–Trinajstić information content (AvgIpc) is 3.51. The molecule has 1 aliphatic heterocycles. The summed E-state index contributed by atoms with van der Waals surface area (Å²) in [6.07, 6.45) is 0.495. The van der Waals surface area contributed by atoms with Crippen molar-refractivity contribution < 1.29 is 13.2 Å². The van der Waals surface area contributed by atoms with Crippen LogP contribution in [0.5, 0.6) is 0 Å². The molecule has 1 N–H and O–H groups in total. The number of hydrogen-bond donors (Lipinski definition) is 1. The van der Waals surface area contributed by atoms with Crippen LogP contribution in [0.3, 0.4) is 0 Å². The lowest BCUT2D eigenvalue weighted by molar-refractivity contribution is 0.0953. The van der Waals surface area contributed by atoms with E-state index in [1.165, 1.54) is 0 Å². The maximum absolute atomic E-state index is 13.3. The third kappa shape index (κ3) is 4.30. The van der Waals surface area contributed by atoms with Gasteiger partial charge < -0.3 is 5.32 Å². The molecule has 1 aromatic carbocycles. The summed E-state index contributed by atoms with van der Waals surface area (Å²) < 4.78 is 26.0. The summed E-state index contributed by atoms with van der Waals surface area (Å²) in [7, 11) is -3.10. The van der Waals surface area contributed by atoms with E-state index in [0.29, 0.717) is 41.0 Å². The third-order valence-electron chi connectivity index (χ3n) is 5.99. The summed E-state index contributed by atoms with van der Waals surface area (Å²) >= 11 is 1.59. The van der Waals surface area contributed by atoms with Gasteiger partial charge in [-0.25, -0.2) is 18.1 Å². The topological polar surface area (TPSA) is 94.0 Å². The molecular formula is C24H24N4O3S2. The Morgan fingerprint density at radius 1 is 1.21 bits per heavy atom. The minimum absolute atomic E-state index is 0.0412. The van der Waals surface area contributed by atoms with Crippen LogP contribution in [0, 0.1) is 13.8 Å². The lowest BCUT2D eigenvalue weighted by Crippen LogP contribution is -2.23. The van der Waals surface area contributed by atoms with Gasteiger partial charge in [-0.3, -0.25) is 4.79 Å². The first-order chi connectivity index (χ1) is 15.8. The summed E-state index contributed by atoms with van der Waals surface area (Å²) in [6, 6.07) is 13.4. The van der Waals surface area contributed by atoms with E-state index in [-0.39, 0.29) is 23.5 Å². The van der Waals surface area contributed by atoms with Crippen LogP contribution in [0.15, 0.2) is 47.8 Å². The molecule has 1 fully saturated rings. The Hall–Kier alpha value is -3.04. The van der Waals surface area contributed by atoms with Crippen molar-refractivity contribution in [2.45, 2.75) is 32.9 Å². The molecule has 170 valence electrons. The molecule has 1 aliphatic rings. The zero-order valence-electron chi connectivity index (χ0n) is 18.4. The molecule has 1 amide bonds. The van der Waals surface area contributed by atoms with E-state index in [0.717, 1.165) is 16.0 Å². The quantitative estimate of drug-likeness (QED) is 0.465. The molecule has 0 radical (unpaired) electrons. The maximum atomic E-state index is 13.3. The van der Waals surface area contributed by atoms with E-state index in [1.807, 2.05) is 55.6 Å². The molecule has 9 heteroatoms. The number of amides is 1. The highest BCUT2D eigenvalue weighted by atomic mass is 32.2. The van der Waals surface area contributed by atoms with Crippen LogP contribution in [0.1, 0.15) is 39.0 Å². The van der Waals surface area contributed by atoms with Gasteiger partial charge in [-0.2, -0.15) is 5.10 Å². The molecule has 3 aromatic heterocycles. The van der Waals surface area contributed by atoms with Crippen molar-refractivity contribution >= 4 is 38.1 Å². The van der Waals surface area contributed by atoms with Crippen LogP contribution in [0.25, 0.3) is 22.3 Å². The van der Waals surface area contributed by atoms with E-state index in [4.69, 9.17) is 4.98 Å². The normalized spacial score (nSPS) is 17.5. The van der Waals surface area contributed by atoms with Gasteiger partial charge in [0, 0.05) is 10.4 Å². The molecule has 1 atom stereocenters. The fraction of sp³-hybridized carbons (Fsp3) is 0.292. The zero-order chi connectivity index (χ0) is 23.2. The number of hydrogen-bond acceptors (Lipinski definition) is 6. The largest absolute Gasteiger partial charge is 0.347 e. The zero-order valence-corrected chi connectivity index (χ0v) is 20.0. The Balaban J connectivity index is 1.63. The van der Waals surface area contributed by atoms with E-state index in [1.54, 1.807) is 22.1 Å². The van der Waals surface area contributed by atoms with Gasteiger partial charge in [-0.15, -0.1) is 11.3 Å². The molecule has 5 rings (SSSR count). The number of aryl methyl sites for hydroxylation is 2. The molecule has 4 aromatic rings. The van der Waals surface area contributed by atoms with Crippen molar-refractivity contribution in [3.63, 3.8) is 0 Å². The van der Waals surface area contributed by atoms with Crippen LogP contribution in [-0.2, 0) is 16.4 Å². The molecule has 33 heavy (non-hydrogen) atoms. The highest BCUT2D eigenvalue weighted by molar-refractivity contribution is 7.91. The second-order valence-electron chi connectivity index (χ2n) is 8.47. The number of thiophene rings is 1. The number of pyridine rings is 1. The first kappa shape index (κ1) is 21.8. The van der Waals surface area contributed by atoms with Crippen molar-refractivity contribution in [2.75, 3.05) is 11.5 Å². The van der Waals surface area contributed by atoms with Gasteiger partial charge in [-0.1, -0.05) is 35.9 Å². The number of nitrogens with zero attached hydrogens (tertiary/aromatic N) is 3. The van der Waals surface area contributed by atoms with Crippen molar-refractivity contribution in [3.05, 3.63) is 69.5 Å². The predicted molar refractivity (Wildman–Crippen MR) is 130 cm³/mol. The fourth-order valence-electron chi connectivity index (χ4n) is 4.26. The summed E-state index contributed by atoms with van der Waals surface area (Å²) in [4.78, 5) is 19.2. The highest BCUT2D eigenvalue weighted by Gasteiger charge is 2.32. The number of rotatable bonds is 5. The molecule has 1 saturated heterocycles. The molecule has 4 heterocycles. The number of aromatic nitrogens is 3. The summed E-state index contributed by atoms with van der Waals surface area (Å²) in [6.45, 7) is 4.29. The van der Waals surface area contributed by atoms with Crippen molar-refractivity contribution in [1.29, 1.82) is 0 Å². The molecule has 0 unspecified atom stereocenters. The molecular weight excluding hydrogens is 456 g/mol. The van der Waals surface area contributed by atoms with Crippen molar-refractivity contribution in [1.82, 2.24) is 20.1 Å². The van der Waals surface area contributed by atoms with Gasteiger partial charge in [0.2, 0.25) is 0 Å². The Morgan fingerprint density at radius 3 is 2.67 bits per heavy atom. The molecule has 0 saturated carbocycles. The minimum Gasteiger partial charge on any atom is -0.347 e. The Morgan fingerprint density at radius 2 is 2.00 bits per heavy atom. The van der Waals surface area contributed by atoms with Gasteiger partial charge in [0.15, 0.2) is 15.5 Å². The smallest absolute Gasteiger partial charge is 0.252 e. The lowest BCUT2D eigenvalue weighted by atomic mass is 10.0. The Bertz CT molecular complexity index is 1440. The SMILES string of the molecule is Cc1ccc(-c2cc(C(=O)NCc3cccs3)c3c(C)nn([C@@H]4CCS(=O)(=O)C4)c3n2)cc1. The first-order valence-electron chi connectivity index (χ1n) is 10.8. The predicted octanol–water partition coefficient (Wildman–Crippen LogP) is 4.07. The lowest BCUT2D eigenvalue weighted by Gasteiger charge is -2.12. The van der Waals surface area contributed by atoms with Gasteiger partial charge >= 0.3 is 0 Å². The van der Waals surface area contributed by atoms with E-state index in [2.05, 4.69) is 10.4 Å². The summed E-state index contributed by atoms with van der Waals surface area (Å²) in [5.74, 6) is -0.0189. The maximum Gasteiger partial charge on any atom is 0.252 e. The van der Waals surface area contributed by atoms with E-state index >= 15 is 0 Å². The van der Waals surface area contributed by atoms with Gasteiger partial charge in [0.1, 0.15) is 0 Å². The van der Waals surface area contributed by atoms with Gasteiger partial charge in [0.25, 0.3) is 5.91 Å². The molecule has 0 aliphatic carbocycles. The fourth-order valence-corrected chi connectivity index (χ4v) is 6.60. The number of nitrogens with one attached hydrogen (secondary N) is 1. The second kappa shape index (κ2) is 8.39. The number of carbonyl (C=O) groups excluding carboxylic acids is 1. The number of fused-ring (bicyclic) bond motifs is 1.